The van der Waals surface area contributed by atoms with Gasteiger partial charge < -0.3 is 4.90 Å². The minimum absolute atomic E-state index is 0.289. The summed E-state index contributed by atoms with van der Waals surface area (Å²) in [5, 5.41) is 11.8. The van der Waals surface area contributed by atoms with Crippen LogP contribution in [0, 0.1) is 0 Å². The van der Waals surface area contributed by atoms with E-state index in [4.69, 9.17) is 11.6 Å². The van der Waals surface area contributed by atoms with E-state index < -0.39 is 0 Å². The zero-order chi connectivity index (χ0) is 11.0. The first-order valence-electron chi connectivity index (χ1n) is 5.26. The van der Waals surface area contributed by atoms with E-state index in [0.29, 0.717) is 5.65 Å². The third kappa shape index (κ3) is 1.59. The van der Waals surface area contributed by atoms with E-state index >= 15 is 0 Å². The van der Waals surface area contributed by atoms with Gasteiger partial charge in [0.15, 0.2) is 11.5 Å². The molecule has 0 bridgehead atoms. The first-order valence-corrected chi connectivity index (χ1v) is 5.69. The minimum Gasteiger partial charge on any atom is -0.355 e. The molecule has 0 radical (unpaired) electrons. The van der Waals surface area contributed by atoms with Crippen molar-refractivity contribution in [3.8, 4) is 0 Å². The average molecular weight is 239 g/mol. The molecule has 3 rings (SSSR count). The average Bonchev–Trinajstić information content (AvgIpc) is 2.78. The summed E-state index contributed by atoms with van der Waals surface area (Å²) in [5.74, 6) is 0.936. The lowest BCUT2D eigenvalue weighted by Gasteiger charge is -2.30. The van der Waals surface area contributed by atoms with E-state index in [2.05, 4.69) is 25.4 Å². The lowest BCUT2D eigenvalue weighted by Crippen LogP contribution is -2.35. The van der Waals surface area contributed by atoms with Gasteiger partial charge in [-0.05, 0) is 23.3 Å². The Morgan fingerprint density at radius 3 is 2.88 bits per heavy atom. The highest BCUT2D eigenvalue weighted by Crippen LogP contribution is 2.21. The number of aromatic nitrogens is 5. The van der Waals surface area contributed by atoms with Crippen molar-refractivity contribution in [2.24, 2.45) is 0 Å². The summed E-state index contributed by atoms with van der Waals surface area (Å²) in [5.41, 5.74) is 0.672. The van der Waals surface area contributed by atoms with Gasteiger partial charge in [0.1, 0.15) is 0 Å². The monoisotopic (exact) mass is 238 g/mol. The maximum absolute atomic E-state index is 6.08. The van der Waals surface area contributed by atoms with Crippen molar-refractivity contribution in [3.05, 3.63) is 12.4 Å². The van der Waals surface area contributed by atoms with E-state index in [1.165, 1.54) is 0 Å². The molecule has 0 aromatic carbocycles. The summed E-state index contributed by atoms with van der Waals surface area (Å²) >= 11 is 6.08. The minimum atomic E-state index is 0.289. The van der Waals surface area contributed by atoms with Crippen LogP contribution in [0.4, 0.5) is 5.82 Å². The fraction of sp³-hybridized carbons (Fsp3) is 0.556. The van der Waals surface area contributed by atoms with Crippen LogP contribution in [0.5, 0.6) is 0 Å². The van der Waals surface area contributed by atoms with Crippen LogP contribution >= 0.6 is 11.6 Å². The third-order valence-electron chi connectivity index (χ3n) is 2.84. The molecule has 0 N–H and O–H groups in total. The van der Waals surface area contributed by atoms with Gasteiger partial charge in [-0.15, -0.1) is 16.7 Å². The summed E-state index contributed by atoms with van der Waals surface area (Å²) in [6, 6.07) is 0. The molecule has 0 saturated carbocycles. The molecule has 1 saturated heterocycles. The molecule has 0 spiro atoms. The molecule has 1 fully saturated rings. The van der Waals surface area contributed by atoms with Gasteiger partial charge in [0.25, 0.3) is 0 Å². The number of nitrogens with zero attached hydrogens (tertiary/aromatic N) is 6. The Balaban J connectivity index is 1.96. The number of alkyl halides is 1. The smallest absolute Gasteiger partial charge is 0.199 e. The summed E-state index contributed by atoms with van der Waals surface area (Å²) in [4.78, 5) is 6.36. The Bertz CT molecular complexity index is 489. The van der Waals surface area contributed by atoms with Crippen molar-refractivity contribution in [3.63, 3.8) is 0 Å². The van der Waals surface area contributed by atoms with Crippen LogP contribution in [0.2, 0.25) is 0 Å². The van der Waals surface area contributed by atoms with Gasteiger partial charge in [-0.2, -0.15) is 4.52 Å². The van der Waals surface area contributed by atoms with Crippen LogP contribution in [0.1, 0.15) is 12.8 Å². The number of tetrazole rings is 1. The van der Waals surface area contributed by atoms with Crippen LogP contribution in [0.3, 0.4) is 0 Å². The molecule has 0 unspecified atom stereocenters. The van der Waals surface area contributed by atoms with E-state index in [1.54, 1.807) is 16.9 Å². The van der Waals surface area contributed by atoms with Gasteiger partial charge in [-0.1, -0.05) is 0 Å². The highest BCUT2D eigenvalue weighted by molar-refractivity contribution is 6.20. The van der Waals surface area contributed by atoms with E-state index in [1.807, 2.05) is 0 Å². The molecule has 84 valence electrons. The molecule has 2 aromatic rings. The molecule has 6 nitrogen and oxygen atoms in total. The van der Waals surface area contributed by atoms with Crippen molar-refractivity contribution in [1.29, 1.82) is 0 Å². The summed E-state index contributed by atoms with van der Waals surface area (Å²) in [6.45, 7) is 1.85. The fourth-order valence-electron chi connectivity index (χ4n) is 1.96. The number of piperidine rings is 1. The molecule has 1 aliphatic heterocycles. The summed E-state index contributed by atoms with van der Waals surface area (Å²) in [7, 11) is 0. The molecular formula is C9H11ClN6. The topological polar surface area (TPSA) is 59.2 Å². The summed E-state index contributed by atoms with van der Waals surface area (Å²) < 4.78 is 1.71. The van der Waals surface area contributed by atoms with Crippen LogP contribution in [0.15, 0.2) is 12.4 Å². The second-order valence-electron chi connectivity index (χ2n) is 3.88. The Hall–Kier alpha value is -1.43. The van der Waals surface area contributed by atoms with Gasteiger partial charge in [-0.25, -0.2) is 0 Å². The second kappa shape index (κ2) is 3.86. The molecule has 16 heavy (non-hydrogen) atoms. The zero-order valence-corrected chi connectivity index (χ0v) is 9.38. The number of hydrogen-bond donors (Lipinski definition) is 0. The number of fused-ring (bicyclic) bond motifs is 1. The van der Waals surface area contributed by atoms with Gasteiger partial charge in [-0.3, -0.25) is 4.98 Å². The predicted molar refractivity (Wildman–Crippen MR) is 59.7 cm³/mol. The maximum Gasteiger partial charge on any atom is 0.199 e. The molecule has 0 amide bonds. The Kier molecular flexibility index (Phi) is 2.36. The Morgan fingerprint density at radius 2 is 2.06 bits per heavy atom. The van der Waals surface area contributed by atoms with Gasteiger partial charge in [0, 0.05) is 18.5 Å². The maximum atomic E-state index is 6.08. The first kappa shape index (κ1) is 9.77. The first-order chi connectivity index (χ1) is 7.84. The van der Waals surface area contributed by atoms with Crippen LogP contribution in [0.25, 0.3) is 5.65 Å². The van der Waals surface area contributed by atoms with Gasteiger partial charge in [0.2, 0.25) is 0 Å². The van der Waals surface area contributed by atoms with E-state index in [0.717, 1.165) is 31.7 Å². The largest absolute Gasteiger partial charge is 0.355 e. The standard InChI is InChI=1S/C9H11ClN6/c10-7-1-3-15(4-2-7)9-6-11-5-8-12-13-14-16(8)9/h5-7H,1-4H2. The number of anilines is 1. The van der Waals surface area contributed by atoms with E-state index in [-0.39, 0.29) is 5.38 Å². The van der Waals surface area contributed by atoms with Crippen molar-refractivity contribution in [2.75, 3.05) is 18.0 Å². The molecule has 2 aromatic heterocycles. The third-order valence-corrected chi connectivity index (χ3v) is 3.28. The highest BCUT2D eigenvalue weighted by atomic mass is 35.5. The molecule has 0 aliphatic carbocycles. The highest BCUT2D eigenvalue weighted by Gasteiger charge is 2.19. The van der Waals surface area contributed by atoms with Crippen molar-refractivity contribution in [1.82, 2.24) is 25.0 Å². The molecule has 1 aliphatic rings. The lowest BCUT2D eigenvalue weighted by molar-refractivity contribution is 0.573. The number of hydrogen-bond acceptors (Lipinski definition) is 5. The quantitative estimate of drug-likeness (QED) is 0.686. The van der Waals surface area contributed by atoms with Crippen LogP contribution < -0.4 is 4.90 Å². The summed E-state index contributed by atoms with van der Waals surface area (Å²) in [6.07, 6.45) is 5.41. The van der Waals surface area contributed by atoms with Crippen molar-refractivity contribution < 1.29 is 0 Å². The fourth-order valence-corrected chi connectivity index (χ4v) is 2.15. The van der Waals surface area contributed by atoms with Gasteiger partial charge >= 0.3 is 0 Å². The van der Waals surface area contributed by atoms with Crippen LogP contribution in [-0.4, -0.2) is 43.5 Å². The predicted octanol–water partition coefficient (Wildman–Crippen LogP) is 0.727. The lowest BCUT2D eigenvalue weighted by atomic mass is 10.1. The zero-order valence-electron chi connectivity index (χ0n) is 8.62. The van der Waals surface area contributed by atoms with Gasteiger partial charge in [0.05, 0.1) is 12.4 Å². The van der Waals surface area contributed by atoms with Crippen molar-refractivity contribution in [2.45, 2.75) is 18.2 Å². The Morgan fingerprint density at radius 1 is 1.25 bits per heavy atom. The van der Waals surface area contributed by atoms with Crippen LogP contribution in [-0.2, 0) is 0 Å². The normalized spacial score (nSPS) is 18.2. The Labute approximate surface area is 97.2 Å². The molecule has 3 heterocycles. The SMILES string of the molecule is ClC1CCN(c2cncc3nnnn23)CC1. The molecular weight excluding hydrogens is 228 g/mol. The molecule has 7 heteroatoms. The molecule has 0 atom stereocenters. The number of rotatable bonds is 1. The van der Waals surface area contributed by atoms with Crippen molar-refractivity contribution >= 4 is 23.1 Å². The number of halogens is 1. The van der Waals surface area contributed by atoms with E-state index in [9.17, 15) is 0 Å². The second-order valence-corrected chi connectivity index (χ2v) is 4.49.